The van der Waals surface area contributed by atoms with Gasteiger partial charge in [0.05, 0.1) is 12.2 Å². The van der Waals surface area contributed by atoms with Crippen LogP contribution in [0.3, 0.4) is 0 Å². The van der Waals surface area contributed by atoms with Crippen molar-refractivity contribution < 1.29 is 24.9 Å². The number of ketones is 1. The predicted octanol–water partition coefficient (Wildman–Crippen LogP) is 3.45. The number of allylic oxidation sites excluding steroid dienone is 2. The van der Waals surface area contributed by atoms with Crippen LogP contribution < -0.4 is 0 Å². The summed E-state index contributed by atoms with van der Waals surface area (Å²) in [7, 11) is 0. The second kappa shape index (κ2) is 11.6. The van der Waals surface area contributed by atoms with E-state index in [0.717, 1.165) is 6.42 Å². The molecule has 0 spiro atoms. The molecule has 0 heterocycles. The monoisotopic (exact) mass is 386 g/mol. The van der Waals surface area contributed by atoms with E-state index in [1.807, 2.05) is 42.5 Å². The molecule has 2 rings (SSSR count). The molecule has 0 amide bonds. The van der Waals surface area contributed by atoms with E-state index < -0.39 is 18.2 Å². The zero-order valence-corrected chi connectivity index (χ0v) is 16.2. The molecule has 1 fully saturated rings. The minimum absolute atomic E-state index is 0.0490. The molecule has 0 radical (unpaired) electrons. The van der Waals surface area contributed by atoms with Crippen LogP contribution in [0.4, 0.5) is 0 Å². The number of aryl methyl sites for hydroxylation is 1. The van der Waals surface area contributed by atoms with E-state index in [4.69, 9.17) is 5.11 Å². The molecule has 3 atom stereocenters. The Balaban J connectivity index is 1.83. The second-order valence-corrected chi connectivity index (χ2v) is 7.37. The average molecular weight is 386 g/mol. The standard InChI is InChI=1S/C23H30O5/c24-18(13-12-17-8-4-3-5-9-17)14-15-20-19(21(25)16-22(20)26)10-6-1-2-7-11-23(27)28/h1,3-6,8-9,15,18-19,21,24-25H,2,7,10-14,16H2,(H,27,28)/t18-,19+,21-/m0/s1. The normalized spacial score (nSPS) is 22.2. The first kappa shape index (κ1) is 22.1. The van der Waals surface area contributed by atoms with Gasteiger partial charge >= 0.3 is 5.97 Å². The Labute approximate surface area is 166 Å². The summed E-state index contributed by atoms with van der Waals surface area (Å²) in [6.45, 7) is 0. The predicted molar refractivity (Wildman–Crippen MR) is 108 cm³/mol. The Hall–Kier alpha value is -2.24. The van der Waals surface area contributed by atoms with Crippen molar-refractivity contribution in [1.29, 1.82) is 0 Å². The first-order valence-electron chi connectivity index (χ1n) is 9.97. The fourth-order valence-corrected chi connectivity index (χ4v) is 3.50. The van der Waals surface area contributed by atoms with Gasteiger partial charge in [0.1, 0.15) is 0 Å². The summed E-state index contributed by atoms with van der Waals surface area (Å²) >= 11 is 0. The Morgan fingerprint density at radius 2 is 1.96 bits per heavy atom. The first-order valence-corrected chi connectivity index (χ1v) is 9.97. The molecule has 1 aromatic rings. The van der Waals surface area contributed by atoms with E-state index >= 15 is 0 Å². The highest BCUT2D eigenvalue weighted by molar-refractivity contribution is 5.98. The number of Topliss-reactive ketones (excluding diaryl/α,β-unsaturated/α-hetero) is 1. The Bertz CT molecular complexity index is 692. The number of carbonyl (C=O) groups is 2. The first-order chi connectivity index (χ1) is 13.5. The van der Waals surface area contributed by atoms with Crippen LogP contribution in [0.15, 0.2) is 54.1 Å². The van der Waals surface area contributed by atoms with Gasteiger partial charge in [0.2, 0.25) is 0 Å². The molecular formula is C23H30O5. The number of aliphatic hydroxyl groups is 2. The molecule has 152 valence electrons. The van der Waals surface area contributed by atoms with Crippen LogP contribution in [0.5, 0.6) is 0 Å². The lowest BCUT2D eigenvalue weighted by Crippen LogP contribution is -2.14. The number of carbonyl (C=O) groups excluding carboxylic acids is 1. The van der Waals surface area contributed by atoms with Crippen molar-refractivity contribution in [1.82, 2.24) is 0 Å². The van der Waals surface area contributed by atoms with Gasteiger partial charge in [0.15, 0.2) is 5.78 Å². The fourth-order valence-electron chi connectivity index (χ4n) is 3.50. The van der Waals surface area contributed by atoms with E-state index in [0.29, 0.717) is 37.7 Å². The highest BCUT2D eigenvalue weighted by Crippen LogP contribution is 2.32. The quantitative estimate of drug-likeness (QED) is 0.308. The Kier molecular flexibility index (Phi) is 9.11. The van der Waals surface area contributed by atoms with Gasteiger partial charge in [-0.3, -0.25) is 9.59 Å². The van der Waals surface area contributed by atoms with Crippen molar-refractivity contribution in [2.24, 2.45) is 5.92 Å². The molecule has 5 nitrogen and oxygen atoms in total. The molecule has 28 heavy (non-hydrogen) atoms. The highest BCUT2D eigenvalue weighted by Gasteiger charge is 2.35. The van der Waals surface area contributed by atoms with Gasteiger partial charge in [0, 0.05) is 18.8 Å². The second-order valence-electron chi connectivity index (χ2n) is 7.37. The van der Waals surface area contributed by atoms with Gasteiger partial charge in [-0.05, 0) is 49.7 Å². The molecule has 5 heteroatoms. The Morgan fingerprint density at radius 1 is 1.21 bits per heavy atom. The summed E-state index contributed by atoms with van der Waals surface area (Å²) in [6.07, 6.45) is 8.26. The number of unbranched alkanes of at least 4 members (excludes halogenated alkanes) is 1. The molecule has 1 aromatic carbocycles. The van der Waals surface area contributed by atoms with E-state index in [9.17, 15) is 19.8 Å². The Morgan fingerprint density at radius 3 is 2.68 bits per heavy atom. The number of carboxylic acid groups (broad SMARTS) is 1. The van der Waals surface area contributed by atoms with E-state index in [1.165, 1.54) is 5.56 Å². The van der Waals surface area contributed by atoms with E-state index in [2.05, 4.69) is 0 Å². The number of carboxylic acids is 1. The summed E-state index contributed by atoms with van der Waals surface area (Å²) in [5.41, 5.74) is 1.79. The molecule has 1 aliphatic carbocycles. The lowest BCUT2D eigenvalue weighted by Gasteiger charge is -2.14. The van der Waals surface area contributed by atoms with Crippen molar-refractivity contribution in [3.8, 4) is 0 Å². The highest BCUT2D eigenvalue weighted by atomic mass is 16.4. The lowest BCUT2D eigenvalue weighted by atomic mass is 9.94. The van der Waals surface area contributed by atoms with Crippen molar-refractivity contribution >= 4 is 11.8 Å². The zero-order valence-electron chi connectivity index (χ0n) is 16.2. The minimum atomic E-state index is -0.804. The van der Waals surface area contributed by atoms with E-state index in [-0.39, 0.29) is 24.5 Å². The molecule has 1 saturated carbocycles. The molecule has 0 saturated heterocycles. The van der Waals surface area contributed by atoms with Crippen LogP contribution in [0.25, 0.3) is 0 Å². The summed E-state index contributed by atoms with van der Waals surface area (Å²) in [4.78, 5) is 22.7. The fraction of sp³-hybridized carbons (Fsp3) is 0.478. The molecule has 0 bridgehead atoms. The summed E-state index contributed by atoms with van der Waals surface area (Å²) in [6, 6.07) is 9.97. The molecule has 0 aromatic heterocycles. The van der Waals surface area contributed by atoms with Gasteiger partial charge in [-0.15, -0.1) is 0 Å². The third-order valence-corrected chi connectivity index (χ3v) is 5.12. The summed E-state index contributed by atoms with van der Waals surface area (Å²) in [5.74, 6) is -1.10. The smallest absolute Gasteiger partial charge is 0.303 e. The van der Waals surface area contributed by atoms with Gasteiger partial charge in [-0.2, -0.15) is 0 Å². The maximum Gasteiger partial charge on any atom is 0.303 e. The van der Waals surface area contributed by atoms with E-state index in [1.54, 1.807) is 6.08 Å². The third-order valence-electron chi connectivity index (χ3n) is 5.12. The number of hydrogen-bond acceptors (Lipinski definition) is 4. The van der Waals surface area contributed by atoms with Crippen molar-refractivity contribution in [3.63, 3.8) is 0 Å². The summed E-state index contributed by atoms with van der Waals surface area (Å²) in [5, 5.41) is 29.1. The number of rotatable bonds is 11. The van der Waals surface area contributed by atoms with Crippen LogP contribution in [0.1, 0.15) is 50.5 Å². The van der Waals surface area contributed by atoms with Gasteiger partial charge in [0.25, 0.3) is 0 Å². The SMILES string of the molecule is O=C(O)CCCC=CC[C@@H]1C(=CC[C@@H](O)CCc2ccccc2)C(=O)C[C@@H]1O. The van der Waals surface area contributed by atoms with Crippen molar-refractivity contribution in [3.05, 3.63) is 59.7 Å². The number of aliphatic carboxylic acids is 1. The zero-order chi connectivity index (χ0) is 20.4. The lowest BCUT2D eigenvalue weighted by molar-refractivity contribution is -0.137. The minimum Gasteiger partial charge on any atom is -0.481 e. The van der Waals surface area contributed by atoms with Crippen LogP contribution in [0, 0.1) is 5.92 Å². The molecule has 0 aliphatic heterocycles. The van der Waals surface area contributed by atoms with Crippen LogP contribution >= 0.6 is 0 Å². The van der Waals surface area contributed by atoms with Crippen molar-refractivity contribution in [2.75, 3.05) is 0 Å². The number of benzene rings is 1. The van der Waals surface area contributed by atoms with Crippen molar-refractivity contribution in [2.45, 2.75) is 63.6 Å². The molecule has 3 N–H and O–H groups in total. The maximum absolute atomic E-state index is 12.2. The molecule has 1 aliphatic rings. The average Bonchev–Trinajstić information content (AvgIpc) is 2.94. The van der Waals surface area contributed by atoms with Gasteiger partial charge in [-0.1, -0.05) is 48.6 Å². The summed E-state index contributed by atoms with van der Waals surface area (Å²) < 4.78 is 0. The van der Waals surface area contributed by atoms with Crippen LogP contribution in [-0.2, 0) is 16.0 Å². The molecule has 0 unspecified atom stereocenters. The number of aliphatic hydroxyl groups excluding tert-OH is 2. The third kappa shape index (κ3) is 7.41. The largest absolute Gasteiger partial charge is 0.481 e. The topological polar surface area (TPSA) is 94.8 Å². The maximum atomic E-state index is 12.2. The number of hydrogen-bond donors (Lipinski definition) is 3. The van der Waals surface area contributed by atoms with Gasteiger partial charge in [-0.25, -0.2) is 0 Å². The molecular weight excluding hydrogens is 356 g/mol. The van der Waals surface area contributed by atoms with Crippen LogP contribution in [-0.4, -0.2) is 39.3 Å². The van der Waals surface area contributed by atoms with Crippen LogP contribution in [0.2, 0.25) is 0 Å². The van der Waals surface area contributed by atoms with Gasteiger partial charge < -0.3 is 15.3 Å².